The van der Waals surface area contributed by atoms with E-state index in [9.17, 15) is 4.79 Å². The smallest absolute Gasteiger partial charge is 0.267 e. The topological polar surface area (TPSA) is 82.8 Å². The summed E-state index contributed by atoms with van der Waals surface area (Å²) in [5, 5.41) is 10.7. The van der Waals surface area contributed by atoms with E-state index in [4.69, 9.17) is 4.74 Å². The van der Waals surface area contributed by atoms with E-state index < -0.39 is 0 Å². The van der Waals surface area contributed by atoms with Gasteiger partial charge in [-0.25, -0.2) is 0 Å². The van der Waals surface area contributed by atoms with E-state index in [0.29, 0.717) is 12.2 Å². The lowest BCUT2D eigenvalue weighted by Crippen LogP contribution is -2.23. The van der Waals surface area contributed by atoms with Gasteiger partial charge in [0.15, 0.2) is 0 Å². The zero-order valence-corrected chi connectivity index (χ0v) is 14.2. The number of carbonyl (C=O) groups is 1. The number of H-pyrrole nitrogens is 2. The number of hydrogen-bond donors (Lipinski definition) is 3. The highest BCUT2D eigenvalue weighted by Crippen LogP contribution is 2.24. The van der Waals surface area contributed by atoms with Crippen molar-refractivity contribution in [2.24, 2.45) is 0 Å². The third-order valence-electron chi connectivity index (χ3n) is 4.28. The Morgan fingerprint density at radius 1 is 1.15 bits per heavy atom. The van der Waals surface area contributed by atoms with E-state index >= 15 is 0 Å². The second-order valence-electron chi connectivity index (χ2n) is 6.01. The molecule has 0 aliphatic heterocycles. The molecule has 0 aliphatic carbocycles. The molecule has 2 aromatic heterocycles. The van der Waals surface area contributed by atoms with Gasteiger partial charge in [-0.1, -0.05) is 18.2 Å². The van der Waals surface area contributed by atoms with Crippen molar-refractivity contribution in [3.05, 3.63) is 72.2 Å². The van der Waals surface area contributed by atoms with Crippen LogP contribution in [0, 0.1) is 0 Å². The number of aromatic nitrogens is 3. The van der Waals surface area contributed by atoms with Gasteiger partial charge in [-0.15, -0.1) is 0 Å². The Kier molecular flexibility index (Phi) is 4.15. The number of nitrogens with one attached hydrogen (secondary N) is 3. The standard InChI is InChI=1S/C20H18N4O2/c1-26-17-4-2-3-13(7-17)10-21-20(25)19-9-15-8-14(5-6-18(15)24-19)16-11-22-23-12-16/h2-9,11-12,24H,10H2,1H3,(H,21,25)(H,22,23). The van der Waals surface area contributed by atoms with Crippen molar-refractivity contribution in [2.75, 3.05) is 7.11 Å². The zero-order valence-electron chi connectivity index (χ0n) is 14.2. The summed E-state index contributed by atoms with van der Waals surface area (Å²) in [5.41, 5.74) is 4.50. The van der Waals surface area contributed by atoms with Gasteiger partial charge in [0.2, 0.25) is 0 Å². The Bertz CT molecular complexity index is 1050. The average Bonchev–Trinajstić information content (AvgIpc) is 3.35. The molecule has 2 aromatic carbocycles. The van der Waals surface area contributed by atoms with Gasteiger partial charge < -0.3 is 15.0 Å². The Hall–Kier alpha value is -3.54. The van der Waals surface area contributed by atoms with E-state index in [1.54, 1.807) is 13.3 Å². The van der Waals surface area contributed by atoms with Crippen LogP contribution in [0.1, 0.15) is 16.1 Å². The Morgan fingerprint density at radius 3 is 2.88 bits per heavy atom. The van der Waals surface area contributed by atoms with Crippen molar-refractivity contribution >= 4 is 16.8 Å². The number of aromatic amines is 2. The monoisotopic (exact) mass is 346 g/mol. The second-order valence-corrected chi connectivity index (χ2v) is 6.01. The number of amides is 1. The maximum atomic E-state index is 12.5. The molecule has 26 heavy (non-hydrogen) atoms. The lowest BCUT2D eigenvalue weighted by Gasteiger charge is -2.06. The molecule has 1 amide bonds. The third-order valence-corrected chi connectivity index (χ3v) is 4.28. The van der Waals surface area contributed by atoms with E-state index in [0.717, 1.165) is 33.3 Å². The fourth-order valence-electron chi connectivity index (χ4n) is 2.90. The van der Waals surface area contributed by atoms with Gasteiger partial charge in [-0.3, -0.25) is 9.89 Å². The van der Waals surface area contributed by atoms with E-state index in [1.807, 2.05) is 54.7 Å². The molecule has 2 heterocycles. The highest BCUT2D eigenvalue weighted by molar-refractivity contribution is 5.98. The molecule has 6 nitrogen and oxygen atoms in total. The summed E-state index contributed by atoms with van der Waals surface area (Å²) >= 11 is 0. The van der Waals surface area contributed by atoms with E-state index in [1.165, 1.54) is 0 Å². The number of nitrogens with zero attached hydrogens (tertiary/aromatic N) is 1. The molecule has 0 radical (unpaired) electrons. The van der Waals surface area contributed by atoms with Gasteiger partial charge >= 0.3 is 0 Å². The van der Waals surface area contributed by atoms with Crippen LogP contribution in [0.25, 0.3) is 22.0 Å². The highest BCUT2D eigenvalue weighted by Gasteiger charge is 2.10. The minimum absolute atomic E-state index is 0.145. The lowest BCUT2D eigenvalue weighted by molar-refractivity contribution is 0.0946. The van der Waals surface area contributed by atoms with Crippen LogP contribution >= 0.6 is 0 Å². The summed E-state index contributed by atoms with van der Waals surface area (Å²) in [5.74, 6) is 0.628. The first-order valence-corrected chi connectivity index (χ1v) is 8.26. The summed E-state index contributed by atoms with van der Waals surface area (Å²) in [4.78, 5) is 15.6. The summed E-state index contributed by atoms with van der Waals surface area (Å²) in [6.45, 7) is 0.436. The van der Waals surface area contributed by atoms with Crippen LogP contribution in [0.5, 0.6) is 5.75 Å². The van der Waals surface area contributed by atoms with Gasteiger partial charge in [0.05, 0.1) is 13.3 Å². The largest absolute Gasteiger partial charge is 0.497 e. The van der Waals surface area contributed by atoms with Crippen molar-refractivity contribution in [1.29, 1.82) is 0 Å². The predicted molar refractivity (Wildman–Crippen MR) is 100 cm³/mol. The predicted octanol–water partition coefficient (Wildman–Crippen LogP) is 3.50. The van der Waals surface area contributed by atoms with E-state index in [-0.39, 0.29) is 5.91 Å². The number of rotatable bonds is 5. The lowest BCUT2D eigenvalue weighted by atomic mass is 10.1. The zero-order chi connectivity index (χ0) is 17.9. The van der Waals surface area contributed by atoms with Gasteiger partial charge in [-0.2, -0.15) is 5.10 Å². The fraction of sp³-hybridized carbons (Fsp3) is 0.100. The first kappa shape index (κ1) is 16.0. The van der Waals surface area contributed by atoms with Gasteiger partial charge in [0.25, 0.3) is 5.91 Å². The Morgan fingerprint density at radius 2 is 2.08 bits per heavy atom. The number of fused-ring (bicyclic) bond motifs is 1. The average molecular weight is 346 g/mol. The summed E-state index contributed by atoms with van der Waals surface area (Å²) in [6.07, 6.45) is 3.62. The molecule has 0 bridgehead atoms. The molecular weight excluding hydrogens is 328 g/mol. The van der Waals surface area contributed by atoms with Crippen LogP contribution in [0.2, 0.25) is 0 Å². The normalized spacial score (nSPS) is 10.8. The highest BCUT2D eigenvalue weighted by atomic mass is 16.5. The molecule has 0 saturated heterocycles. The summed E-state index contributed by atoms with van der Waals surface area (Å²) < 4.78 is 5.20. The van der Waals surface area contributed by atoms with Crippen LogP contribution in [0.15, 0.2) is 60.9 Å². The molecule has 6 heteroatoms. The maximum Gasteiger partial charge on any atom is 0.267 e. The van der Waals surface area contributed by atoms with Crippen LogP contribution in [0.3, 0.4) is 0 Å². The van der Waals surface area contributed by atoms with Crippen LogP contribution in [-0.4, -0.2) is 28.2 Å². The molecule has 4 aromatic rings. The van der Waals surface area contributed by atoms with Gasteiger partial charge in [0, 0.05) is 29.2 Å². The van der Waals surface area contributed by atoms with Gasteiger partial charge in [0.1, 0.15) is 11.4 Å². The number of methoxy groups -OCH3 is 1. The molecule has 130 valence electrons. The number of carbonyl (C=O) groups excluding carboxylic acids is 1. The molecule has 0 spiro atoms. The molecule has 0 atom stereocenters. The molecule has 0 unspecified atom stereocenters. The molecule has 4 rings (SSSR count). The number of ether oxygens (including phenoxy) is 1. The fourth-order valence-corrected chi connectivity index (χ4v) is 2.90. The number of hydrogen-bond acceptors (Lipinski definition) is 3. The second kappa shape index (κ2) is 6.76. The molecule has 0 fully saturated rings. The molecule has 0 saturated carbocycles. The van der Waals surface area contributed by atoms with Crippen LogP contribution < -0.4 is 10.1 Å². The maximum absolute atomic E-state index is 12.5. The van der Waals surface area contributed by atoms with Crippen molar-refractivity contribution in [2.45, 2.75) is 6.54 Å². The quantitative estimate of drug-likeness (QED) is 0.517. The van der Waals surface area contributed by atoms with Gasteiger partial charge in [-0.05, 0) is 41.5 Å². The van der Waals surface area contributed by atoms with Crippen LogP contribution in [-0.2, 0) is 6.54 Å². The molecular formula is C20H18N4O2. The van der Waals surface area contributed by atoms with Crippen molar-refractivity contribution < 1.29 is 9.53 Å². The van der Waals surface area contributed by atoms with Crippen molar-refractivity contribution in [3.8, 4) is 16.9 Å². The summed E-state index contributed by atoms with van der Waals surface area (Å²) in [6, 6.07) is 15.5. The van der Waals surface area contributed by atoms with Crippen molar-refractivity contribution in [3.63, 3.8) is 0 Å². The Balaban J connectivity index is 1.51. The summed E-state index contributed by atoms with van der Waals surface area (Å²) in [7, 11) is 1.62. The van der Waals surface area contributed by atoms with E-state index in [2.05, 4.69) is 20.5 Å². The first-order valence-electron chi connectivity index (χ1n) is 8.26. The third kappa shape index (κ3) is 3.17. The van der Waals surface area contributed by atoms with Crippen molar-refractivity contribution in [1.82, 2.24) is 20.5 Å². The SMILES string of the molecule is COc1cccc(CNC(=O)c2cc3cc(-c4cn[nH]c4)ccc3[nH]2)c1. The first-order chi connectivity index (χ1) is 12.7. The van der Waals surface area contributed by atoms with Crippen LogP contribution in [0.4, 0.5) is 0 Å². The minimum Gasteiger partial charge on any atom is -0.497 e. The Labute approximate surface area is 150 Å². The minimum atomic E-state index is -0.145. The molecule has 3 N–H and O–H groups in total. The molecule has 0 aliphatic rings. The number of benzene rings is 2.